The van der Waals surface area contributed by atoms with E-state index >= 15 is 0 Å². The molecule has 230 valence electrons. The van der Waals surface area contributed by atoms with Crippen molar-refractivity contribution in [3.63, 3.8) is 0 Å². The lowest BCUT2D eigenvalue weighted by Gasteiger charge is -2.31. The van der Waals surface area contributed by atoms with Gasteiger partial charge in [0.2, 0.25) is 0 Å². The maximum atomic E-state index is 12.7. The first-order chi connectivity index (χ1) is 24.1. The van der Waals surface area contributed by atoms with Crippen LogP contribution in [0.4, 0.5) is 5.69 Å². The van der Waals surface area contributed by atoms with Crippen LogP contribution < -0.4 is 0 Å². The average molecular weight is 629 g/mol. The summed E-state index contributed by atoms with van der Waals surface area (Å²) in [4.78, 5) is 9.97. The molecule has 49 heavy (non-hydrogen) atoms. The monoisotopic (exact) mass is 628 g/mol. The van der Waals surface area contributed by atoms with Crippen LogP contribution in [0.1, 0.15) is 27.9 Å². The molecule has 2 aliphatic rings. The van der Waals surface area contributed by atoms with Gasteiger partial charge in [0.15, 0.2) is 0 Å². The second-order valence-corrected chi connectivity index (χ2v) is 12.8. The zero-order valence-electron chi connectivity index (χ0n) is 26.3. The van der Waals surface area contributed by atoms with Crippen molar-refractivity contribution < 1.29 is 10.2 Å². The van der Waals surface area contributed by atoms with Gasteiger partial charge in [-0.2, -0.15) is 0 Å². The van der Waals surface area contributed by atoms with Crippen molar-refractivity contribution in [1.82, 2.24) is 4.98 Å². The van der Waals surface area contributed by atoms with E-state index in [0.29, 0.717) is 28.0 Å². The van der Waals surface area contributed by atoms with Crippen LogP contribution in [0, 0.1) is 0 Å². The maximum absolute atomic E-state index is 12.7. The fourth-order valence-electron chi connectivity index (χ4n) is 8.40. The first kappa shape index (κ1) is 27.6. The van der Waals surface area contributed by atoms with E-state index in [9.17, 15) is 10.2 Å². The summed E-state index contributed by atoms with van der Waals surface area (Å²) in [6.45, 7) is 0. The fourth-order valence-corrected chi connectivity index (χ4v) is 8.40. The molecule has 1 aromatic heterocycles. The molecule has 0 bridgehead atoms. The summed E-state index contributed by atoms with van der Waals surface area (Å²) in [6, 6.07) is 51.3. The molecule has 7 aromatic carbocycles. The first-order valence-corrected chi connectivity index (χ1v) is 16.5. The number of nitrogens with zero attached hydrogens (tertiary/aromatic N) is 2. The van der Waals surface area contributed by atoms with Crippen molar-refractivity contribution in [2.24, 2.45) is 4.99 Å². The van der Waals surface area contributed by atoms with Crippen molar-refractivity contribution in [2.75, 3.05) is 0 Å². The smallest absolute Gasteiger partial charge is 0.130 e. The highest BCUT2D eigenvalue weighted by atomic mass is 16.3. The second kappa shape index (κ2) is 10.2. The first-order valence-electron chi connectivity index (χ1n) is 16.5. The highest BCUT2D eigenvalue weighted by Gasteiger charge is 2.53. The lowest BCUT2D eigenvalue weighted by atomic mass is 9.70. The van der Waals surface area contributed by atoms with Crippen LogP contribution in [-0.2, 0) is 5.41 Å². The molecule has 0 radical (unpaired) electrons. The summed E-state index contributed by atoms with van der Waals surface area (Å²) < 4.78 is 0. The second-order valence-electron chi connectivity index (χ2n) is 12.8. The van der Waals surface area contributed by atoms with Crippen molar-refractivity contribution in [1.29, 1.82) is 0 Å². The van der Waals surface area contributed by atoms with E-state index in [2.05, 4.69) is 91.0 Å². The number of hydrogen-bond acceptors (Lipinski definition) is 4. The Kier molecular flexibility index (Phi) is 5.76. The minimum atomic E-state index is -0.676. The van der Waals surface area contributed by atoms with Gasteiger partial charge in [0, 0.05) is 21.9 Å². The molecule has 2 N–H and O–H groups in total. The molecular weight excluding hydrogens is 601 g/mol. The lowest BCUT2D eigenvalue weighted by Crippen LogP contribution is -2.26. The minimum Gasteiger partial charge on any atom is -0.507 e. The van der Waals surface area contributed by atoms with Gasteiger partial charge in [0.25, 0.3) is 0 Å². The zero-order chi connectivity index (χ0) is 32.7. The molecule has 0 aliphatic heterocycles. The topological polar surface area (TPSA) is 65.7 Å². The summed E-state index contributed by atoms with van der Waals surface area (Å²) in [5, 5.41) is 26.9. The van der Waals surface area contributed by atoms with Gasteiger partial charge < -0.3 is 10.2 Å². The van der Waals surface area contributed by atoms with Crippen LogP contribution in [0.25, 0.3) is 55.1 Å². The Morgan fingerprint density at radius 3 is 1.82 bits per heavy atom. The van der Waals surface area contributed by atoms with Gasteiger partial charge in [-0.1, -0.05) is 127 Å². The number of fused-ring (bicyclic) bond motifs is 12. The van der Waals surface area contributed by atoms with Gasteiger partial charge in [-0.25, -0.2) is 4.98 Å². The number of aliphatic imine (C=N–C) groups is 1. The quantitative estimate of drug-likeness (QED) is 0.191. The summed E-state index contributed by atoms with van der Waals surface area (Å²) in [7, 11) is 0. The molecule has 0 amide bonds. The third kappa shape index (κ3) is 3.74. The number of pyridine rings is 1. The Morgan fingerprint density at radius 1 is 0.531 bits per heavy atom. The van der Waals surface area contributed by atoms with Crippen LogP contribution in [0.2, 0.25) is 0 Å². The predicted octanol–water partition coefficient (Wildman–Crippen LogP) is 10.6. The predicted molar refractivity (Wildman–Crippen MR) is 198 cm³/mol. The van der Waals surface area contributed by atoms with E-state index in [0.717, 1.165) is 32.8 Å². The van der Waals surface area contributed by atoms with Crippen molar-refractivity contribution >= 4 is 33.4 Å². The molecule has 0 unspecified atom stereocenters. The molecule has 2 aliphatic carbocycles. The van der Waals surface area contributed by atoms with E-state index in [1.54, 1.807) is 12.3 Å². The van der Waals surface area contributed by atoms with E-state index in [-0.39, 0.29) is 11.5 Å². The summed E-state index contributed by atoms with van der Waals surface area (Å²) in [6.07, 6.45) is 1.74. The van der Waals surface area contributed by atoms with Gasteiger partial charge in [-0.05, 0) is 74.0 Å². The Labute approximate surface area is 283 Å². The van der Waals surface area contributed by atoms with Gasteiger partial charge >= 0.3 is 0 Å². The summed E-state index contributed by atoms with van der Waals surface area (Å²) >= 11 is 0. The molecule has 1 heterocycles. The molecule has 1 spiro atoms. The van der Waals surface area contributed by atoms with Gasteiger partial charge in [-0.3, -0.25) is 4.99 Å². The van der Waals surface area contributed by atoms with Gasteiger partial charge in [-0.15, -0.1) is 0 Å². The number of phenolic OH excluding ortho intramolecular Hbond substituents is 2. The van der Waals surface area contributed by atoms with E-state index in [4.69, 9.17) is 9.98 Å². The Morgan fingerprint density at radius 2 is 1.10 bits per heavy atom. The number of rotatable bonds is 3. The summed E-state index contributed by atoms with van der Waals surface area (Å²) in [5.41, 5.74) is 10.9. The van der Waals surface area contributed by atoms with Gasteiger partial charge in [0.05, 0.1) is 28.7 Å². The molecule has 4 nitrogen and oxygen atoms in total. The molecule has 8 aromatic rings. The SMILES string of the molecule is Oc1c(-c2nc(C=Nc3cccc4cccc(O)c34)cc3ccccc23)ccc2c1C1(c3ccccc3-c3ccccc31)c1ccccc1-2. The number of aromatic hydroxyl groups is 2. The highest BCUT2D eigenvalue weighted by molar-refractivity contribution is 6.04. The Hall–Kier alpha value is -6.52. The molecule has 0 atom stereocenters. The van der Waals surface area contributed by atoms with Crippen LogP contribution in [0.3, 0.4) is 0 Å². The van der Waals surface area contributed by atoms with Crippen molar-refractivity contribution in [3.8, 4) is 45.0 Å². The normalized spacial score (nSPS) is 13.6. The van der Waals surface area contributed by atoms with Crippen LogP contribution in [0.15, 0.2) is 157 Å². The van der Waals surface area contributed by atoms with Crippen LogP contribution in [-0.4, -0.2) is 21.4 Å². The summed E-state index contributed by atoms with van der Waals surface area (Å²) in [5.74, 6) is 0.413. The molecule has 0 saturated carbocycles. The number of phenols is 2. The van der Waals surface area contributed by atoms with Crippen molar-refractivity contribution in [3.05, 3.63) is 180 Å². The van der Waals surface area contributed by atoms with E-state index < -0.39 is 5.41 Å². The Bertz CT molecular complexity index is 2640. The van der Waals surface area contributed by atoms with Gasteiger partial charge in [0.1, 0.15) is 11.5 Å². The van der Waals surface area contributed by atoms with Crippen LogP contribution in [0.5, 0.6) is 11.5 Å². The standard InChI is InChI=1S/C45H28N2O2/c48-40-22-10-13-27-12-9-21-39(41(27)40)46-26-29-25-28-11-1-2-14-30(28)43(47-29)35-24-23-34-33-17-5-8-20-38(33)45(42(34)44(35)49)36-18-6-3-15-31(36)32-16-4-7-19-37(32)45/h1-26,48-49H. The number of hydrogen-bond donors (Lipinski definition) is 2. The minimum absolute atomic E-state index is 0.186. The van der Waals surface area contributed by atoms with Crippen LogP contribution >= 0.6 is 0 Å². The molecule has 0 saturated heterocycles. The molecule has 4 heteroatoms. The lowest BCUT2D eigenvalue weighted by molar-refractivity contribution is 0.465. The average Bonchev–Trinajstić information content (AvgIpc) is 3.62. The third-order valence-corrected chi connectivity index (χ3v) is 10.3. The fraction of sp³-hybridized carbons (Fsp3) is 0.0222. The largest absolute Gasteiger partial charge is 0.507 e. The van der Waals surface area contributed by atoms with E-state index in [1.807, 2.05) is 54.6 Å². The maximum Gasteiger partial charge on any atom is 0.130 e. The Balaban J connectivity index is 1.22. The zero-order valence-corrected chi connectivity index (χ0v) is 26.3. The van der Waals surface area contributed by atoms with E-state index in [1.165, 1.54) is 27.8 Å². The molecule has 0 fully saturated rings. The molecule has 10 rings (SSSR count). The van der Waals surface area contributed by atoms with Crippen molar-refractivity contribution in [2.45, 2.75) is 5.41 Å². The highest BCUT2D eigenvalue weighted by Crippen LogP contribution is 2.65. The number of aromatic nitrogens is 1. The molecular formula is C45H28N2O2. The number of benzene rings is 7. The third-order valence-electron chi connectivity index (χ3n) is 10.3.